The van der Waals surface area contributed by atoms with Gasteiger partial charge >= 0.3 is 0 Å². The van der Waals surface area contributed by atoms with Gasteiger partial charge in [-0.1, -0.05) is 38.1 Å². The predicted octanol–water partition coefficient (Wildman–Crippen LogP) is 4.96. The molecule has 144 valence electrons. The summed E-state index contributed by atoms with van der Waals surface area (Å²) in [5.74, 6) is 1.89. The van der Waals surface area contributed by atoms with Crippen LogP contribution in [0.5, 0.6) is 5.75 Å². The standard InChI is InChI=1S/C24H31NO2/c1-5-18-19-10-7-16(13-15(19)8-12-23(18)27-4)20-14-17-9-11-21(25(17)3)24(20)22(26)6-2/h7-8,10,12-13,17,20-21,24H,5-6,9,11,14H2,1-4H3/t17-,20+,21+,24-/m0/s1. The molecule has 2 fully saturated rings. The second kappa shape index (κ2) is 7.27. The van der Waals surface area contributed by atoms with E-state index in [9.17, 15) is 4.79 Å². The number of benzene rings is 2. The summed E-state index contributed by atoms with van der Waals surface area (Å²) >= 11 is 0. The summed E-state index contributed by atoms with van der Waals surface area (Å²) in [6.07, 6.45) is 5.09. The highest BCUT2D eigenvalue weighted by Crippen LogP contribution is 2.47. The normalized spacial score (nSPS) is 27.9. The van der Waals surface area contributed by atoms with Gasteiger partial charge < -0.3 is 4.74 Å². The van der Waals surface area contributed by atoms with Gasteiger partial charge in [-0.25, -0.2) is 0 Å². The Kier molecular flexibility index (Phi) is 4.98. The van der Waals surface area contributed by atoms with E-state index < -0.39 is 0 Å². The van der Waals surface area contributed by atoms with E-state index in [1.54, 1.807) is 7.11 Å². The van der Waals surface area contributed by atoms with Gasteiger partial charge in [0.1, 0.15) is 11.5 Å². The fourth-order valence-corrected chi connectivity index (χ4v) is 5.66. The van der Waals surface area contributed by atoms with Crippen LogP contribution in [0.3, 0.4) is 0 Å². The Morgan fingerprint density at radius 3 is 2.70 bits per heavy atom. The third kappa shape index (κ3) is 2.97. The molecule has 0 unspecified atom stereocenters. The molecule has 2 aliphatic heterocycles. The number of carbonyl (C=O) groups is 1. The maximum absolute atomic E-state index is 12.9. The zero-order valence-corrected chi connectivity index (χ0v) is 17.0. The van der Waals surface area contributed by atoms with Crippen LogP contribution >= 0.6 is 0 Å². The Morgan fingerprint density at radius 1 is 1.19 bits per heavy atom. The first-order valence-electron chi connectivity index (χ1n) is 10.4. The Balaban J connectivity index is 1.77. The number of nitrogens with zero attached hydrogens (tertiary/aromatic N) is 1. The Morgan fingerprint density at radius 2 is 2.00 bits per heavy atom. The lowest BCUT2D eigenvalue weighted by atomic mass is 9.73. The van der Waals surface area contributed by atoms with Gasteiger partial charge in [0.2, 0.25) is 0 Å². The van der Waals surface area contributed by atoms with E-state index in [2.05, 4.69) is 49.2 Å². The van der Waals surface area contributed by atoms with Crippen molar-refractivity contribution in [3.05, 3.63) is 41.5 Å². The SMILES string of the molecule is CCC(=O)[C@H]1[C@@H](c2ccc3c(CC)c(OC)ccc3c2)C[C@@H]2CC[C@H]1N2C. The second-order valence-electron chi connectivity index (χ2n) is 8.23. The minimum Gasteiger partial charge on any atom is -0.496 e. The van der Waals surface area contributed by atoms with Crippen LogP contribution in [0.1, 0.15) is 56.6 Å². The minimum atomic E-state index is 0.139. The number of hydrogen-bond acceptors (Lipinski definition) is 3. The number of ether oxygens (including phenoxy) is 1. The fourth-order valence-electron chi connectivity index (χ4n) is 5.66. The zero-order chi connectivity index (χ0) is 19.1. The smallest absolute Gasteiger partial charge is 0.137 e. The molecule has 4 atom stereocenters. The number of hydrogen-bond donors (Lipinski definition) is 0. The van der Waals surface area contributed by atoms with Gasteiger partial charge in [0.25, 0.3) is 0 Å². The van der Waals surface area contributed by atoms with Gasteiger partial charge in [-0.2, -0.15) is 0 Å². The van der Waals surface area contributed by atoms with Gasteiger partial charge in [0.15, 0.2) is 0 Å². The first kappa shape index (κ1) is 18.5. The molecular formula is C24H31NO2. The Bertz CT molecular complexity index is 859. The number of Topliss-reactive ketones (excluding diaryl/α,β-unsaturated/α-hetero) is 1. The van der Waals surface area contributed by atoms with Crippen LogP contribution in [0.4, 0.5) is 0 Å². The van der Waals surface area contributed by atoms with Crippen molar-refractivity contribution >= 4 is 16.6 Å². The van der Waals surface area contributed by atoms with Crippen molar-refractivity contribution in [3.8, 4) is 5.75 Å². The van der Waals surface area contributed by atoms with Crippen LogP contribution in [0, 0.1) is 5.92 Å². The molecule has 4 rings (SSSR count). The molecule has 0 spiro atoms. The topological polar surface area (TPSA) is 29.5 Å². The van der Waals surface area contributed by atoms with Crippen molar-refractivity contribution in [3.63, 3.8) is 0 Å². The fraction of sp³-hybridized carbons (Fsp3) is 0.542. The minimum absolute atomic E-state index is 0.139. The highest BCUT2D eigenvalue weighted by Gasteiger charge is 2.48. The summed E-state index contributed by atoms with van der Waals surface area (Å²) in [7, 11) is 3.96. The summed E-state index contributed by atoms with van der Waals surface area (Å²) in [4.78, 5) is 15.4. The van der Waals surface area contributed by atoms with Crippen LogP contribution in [-0.4, -0.2) is 36.9 Å². The molecule has 3 nitrogen and oxygen atoms in total. The van der Waals surface area contributed by atoms with E-state index in [0.717, 1.165) is 18.6 Å². The monoisotopic (exact) mass is 365 g/mol. The van der Waals surface area contributed by atoms with Gasteiger partial charge in [-0.05, 0) is 61.1 Å². The molecule has 2 aromatic carbocycles. The van der Waals surface area contributed by atoms with Crippen molar-refractivity contribution in [2.75, 3.05) is 14.2 Å². The maximum atomic E-state index is 12.9. The lowest BCUT2D eigenvalue weighted by molar-refractivity contribution is -0.126. The molecule has 2 heterocycles. The summed E-state index contributed by atoms with van der Waals surface area (Å²) < 4.78 is 5.55. The molecule has 3 heteroatoms. The van der Waals surface area contributed by atoms with Gasteiger partial charge in [0, 0.05) is 30.0 Å². The number of ketones is 1. The average molecular weight is 366 g/mol. The number of aryl methyl sites for hydroxylation is 1. The molecule has 27 heavy (non-hydrogen) atoms. The lowest BCUT2D eigenvalue weighted by Crippen LogP contribution is -2.48. The van der Waals surface area contributed by atoms with Gasteiger partial charge in [-0.15, -0.1) is 0 Å². The molecule has 2 aromatic rings. The number of piperidine rings is 1. The van der Waals surface area contributed by atoms with Crippen molar-refractivity contribution in [2.24, 2.45) is 5.92 Å². The number of carbonyl (C=O) groups excluding carboxylic acids is 1. The van der Waals surface area contributed by atoms with E-state index in [-0.39, 0.29) is 5.92 Å². The number of rotatable bonds is 5. The van der Waals surface area contributed by atoms with Gasteiger partial charge in [0.05, 0.1) is 7.11 Å². The van der Waals surface area contributed by atoms with Crippen molar-refractivity contribution in [2.45, 2.75) is 64.0 Å². The van der Waals surface area contributed by atoms with E-state index in [0.29, 0.717) is 30.2 Å². The number of fused-ring (bicyclic) bond motifs is 3. The molecule has 2 bridgehead atoms. The lowest BCUT2D eigenvalue weighted by Gasteiger charge is -2.42. The van der Waals surface area contributed by atoms with E-state index in [1.165, 1.54) is 34.7 Å². The van der Waals surface area contributed by atoms with Crippen LogP contribution < -0.4 is 4.74 Å². The quantitative estimate of drug-likeness (QED) is 0.750. The van der Waals surface area contributed by atoms with Crippen LogP contribution in [-0.2, 0) is 11.2 Å². The highest BCUT2D eigenvalue weighted by molar-refractivity contribution is 5.89. The molecule has 2 aliphatic rings. The van der Waals surface area contributed by atoms with E-state index in [1.807, 2.05) is 6.92 Å². The molecule has 2 saturated heterocycles. The molecule has 0 aliphatic carbocycles. The highest BCUT2D eigenvalue weighted by atomic mass is 16.5. The first-order chi connectivity index (χ1) is 13.1. The van der Waals surface area contributed by atoms with E-state index >= 15 is 0 Å². The Hall–Kier alpha value is -1.87. The Labute approximate surface area is 162 Å². The third-order valence-electron chi connectivity index (χ3n) is 7.10. The van der Waals surface area contributed by atoms with Crippen molar-refractivity contribution in [1.29, 1.82) is 0 Å². The van der Waals surface area contributed by atoms with Crippen molar-refractivity contribution in [1.82, 2.24) is 4.90 Å². The predicted molar refractivity (Wildman–Crippen MR) is 111 cm³/mol. The van der Waals surface area contributed by atoms with E-state index in [4.69, 9.17) is 4.74 Å². The molecule has 0 aromatic heterocycles. The summed E-state index contributed by atoms with van der Waals surface area (Å²) in [5, 5.41) is 2.54. The van der Waals surface area contributed by atoms with Crippen LogP contribution in [0.15, 0.2) is 30.3 Å². The second-order valence-corrected chi connectivity index (χ2v) is 8.23. The molecule has 0 amide bonds. The maximum Gasteiger partial charge on any atom is 0.137 e. The van der Waals surface area contributed by atoms with Gasteiger partial charge in [-0.3, -0.25) is 9.69 Å². The number of methoxy groups -OCH3 is 1. The van der Waals surface area contributed by atoms with Crippen LogP contribution in [0.25, 0.3) is 10.8 Å². The molecule has 0 N–H and O–H groups in total. The van der Waals surface area contributed by atoms with Crippen LogP contribution in [0.2, 0.25) is 0 Å². The molecule has 0 radical (unpaired) electrons. The average Bonchev–Trinajstić information content (AvgIpc) is 2.93. The molecule has 0 saturated carbocycles. The molecular weight excluding hydrogens is 334 g/mol. The summed E-state index contributed by atoms with van der Waals surface area (Å²) in [6, 6.07) is 12.1. The zero-order valence-electron chi connectivity index (χ0n) is 17.0. The first-order valence-corrected chi connectivity index (χ1v) is 10.4. The largest absolute Gasteiger partial charge is 0.496 e. The summed E-state index contributed by atoms with van der Waals surface area (Å²) in [6.45, 7) is 4.19. The third-order valence-corrected chi connectivity index (χ3v) is 7.10. The van der Waals surface area contributed by atoms with Crippen molar-refractivity contribution < 1.29 is 9.53 Å². The summed E-state index contributed by atoms with van der Waals surface area (Å²) in [5.41, 5.74) is 2.61.